The van der Waals surface area contributed by atoms with Crippen LogP contribution in [0.4, 0.5) is 0 Å². The molecule has 4 heteroatoms. The van der Waals surface area contributed by atoms with Crippen molar-refractivity contribution in [3.63, 3.8) is 0 Å². The molecule has 1 N–H and O–H groups in total. The number of thioether (sulfide) groups is 1. The molecule has 0 fully saturated rings. The van der Waals surface area contributed by atoms with Crippen LogP contribution in [0.3, 0.4) is 0 Å². The van der Waals surface area contributed by atoms with Gasteiger partial charge in [-0.1, -0.05) is 12.1 Å². The summed E-state index contributed by atoms with van der Waals surface area (Å²) in [7, 11) is 1.62. The first kappa shape index (κ1) is 13.1. The van der Waals surface area contributed by atoms with E-state index in [1.54, 1.807) is 18.9 Å². The molecule has 1 aromatic rings. The van der Waals surface area contributed by atoms with Gasteiger partial charge in [-0.25, -0.2) is 0 Å². The molecule has 0 saturated heterocycles. The van der Waals surface area contributed by atoms with Gasteiger partial charge < -0.3 is 10.1 Å². The van der Waals surface area contributed by atoms with E-state index in [4.69, 9.17) is 4.74 Å². The molecule has 0 spiro atoms. The summed E-state index contributed by atoms with van der Waals surface area (Å²) >= 11 is 1.74. The molecule has 0 heterocycles. The Balaban J connectivity index is 2.57. The van der Waals surface area contributed by atoms with Crippen LogP contribution in [-0.2, 0) is 10.5 Å². The average Bonchev–Trinajstić information content (AvgIpc) is 2.30. The summed E-state index contributed by atoms with van der Waals surface area (Å²) < 4.78 is 4.87. The first-order chi connectivity index (χ1) is 7.77. The van der Waals surface area contributed by atoms with Crippen LogP contribution < -0.4 is 5.32 Å². The lowest BCUT2D eigenvalue weighted by atomic mass is 10.1. The van der Waals surface area contributed by atoms with Crippen molar-refractivity contribution in [1.82, 2.24) is 5.32 Å². The topological polar surface area (TPSA) is 38.3 Å². The van der Waals surface area contributed by atoms with Gasteiger partial charge in [0, 0.05) is 25.0 Å². The van der Waals surface area contributed by atoms with Crippen LogP contribution in [0.25, 0.3) is 0 Å². The van der Waals surface area contributed by atoms with E-state index in [0.29, 0.717) is 18.7 Å². The third kappa shape index (κ3) is 4.24. The number of hydrogen-bond donors (Lipinski definition) is 1. The molecule has 3 nitrogen and oxygen atoms in total. The number of carbonyl (C=O) groups is 1. The molecule has 88 valence electrons. The van der Waals surface area contributed by atoms with E-state index < -0.39 is 0 Å². The van der Waals surface area contributed by atoms with Gasteiger partial charge in [0.1, 0.15) is 0 Å². The lowest BCUT2D eigenvalue weighted by Crippen LogP contribution is -2.26. The van der Waals surface area contributed by atoms with E-state index in [-0.39, 0.29) is 5.91 Å². The Morgan fingerprint density at radius 1 is 1.50 bits per heavy atom. The second kappa shape index (κ2) is 7.30. The first-order valence-electron chi connectivity index (χ1n) is 5.13. The minimum absolute atomic E-state index is 0.0417. The molecule has 0 saturated carbocycles. The van der Waals surface area contributed by atoms with Crippen molar-refractivity contribution in [2.75, 3.05) is 26.5 Å². The summed E-state index contributed by atoms with van der Waals surface area (Å²) in [4.78, 5) is 11.7. The second-order valence-electron chi connectivity index (χ2n) is 3.38. The number of methoxy groups -OCH3 is 1. The Kier molecular flexibility index (Phi) is 5.96. The van der Waals surface area contributed by atoms with Gasteiger partial charge >= 0.3 is 0 Å². The van der Waals surface area contributed by atoms with Gasteiger partial charge in [0.05, 0.1) is 6.61 Å². The summed E-state index contributed by atoms with van der Waals surface area (Å²) in [6.07, 6.45) is 2.05. The maximum Gasteiger partial charge on any atom is 0.251 e. The molecule has 16 heavy (non-hydrogen) atoms. The Morgan fingerprint density at radius 3 is 3.00 bits per heavy atom. The number of amides is 1. The predicted molar refractivity (Wildman–Crippen MR) is 67.9 cm³/mol. The van der Waals surface area contributed by atoms with E-state index in [1.165, 1.54) is 5.56 Å². The molecule has 0 bridgehead atoms. The van der Waals surface area contributed by atoms with E-state index in [2.05, 4.69) is 5.32 Å². The Hall–Kier alpha value is -1.00. The van der Waals surface area contributed by atoms with Gasteiger partial charge in [0.15, 0.2) is 0 Å². The van der Waals surface area contributed by atoms with E-state index >= 15 is 0 Å². The highest BCUT2D eigenvalue weighted by molar-refractivity contribution is 7.97. The molecule has 0 aliphatic heterocycles. The minimum atomic E-state index is -0.0417. The molecule has 1 aromatic carbocycles. The number of benzene rings is 1. The molecule has 0 atom stereocenters. The molecule has 0 aliphatic carbocycles. The monoisotopic (exact) mass is 239 g/mol. The number of ether oxygens (including phenoxy) is 1. The highest BCUT2D eigenvalue weighted by Gasteiger charge is 2.04. The standard InChI is InChI=1S/C12H17NO2S/c1-15-7-6-13-12(14)11-5-3-4-10(8-11)9-16-2/h3-5,8H,6-7,9H2,1-2H3,(H,13,14). The maximum absolute atomic E-state index is 11.7. The van der Waals surface area contributed by atoms with Crippen molar-refractivity contribution in [3.05, 3.63) is 35.4 Å². The maximum atomic E-state index is 11.7. The summed E-state index contributed by atoms with van der Waals surface area (Å²) in [5.41, 5.74) is 1.88. The van der Waals surface area contributed by atoms with Crippen molar-refractivity contribution in [3.8, 4) is 0 Å². The number of rotatable bonds is 6. The lowest BCUT2D eigenvalue weighted by molar-refractivity contribution is 0.0937. The zero-order valence-corrected chi connectivity index (χ0v) is 10.5. The van der Waals surface area contributed by atoms with Crippen LogP contribution in [0.15, 0.2) is 24.3 Å². The van der Waals surface area contributed by atoms with Crippen LogP contribution in [0.2, 0.25) is 0 Å². The van der Waals surface area contributed by atoms with Gasteiger partial charge in [0.2, 0.25) is 0 Å². The van der Waals surface area contributed by atoms with Crippen LogP contribution in [0.5, 0.6) is 0 Å². The van der Waals surface area contributed by atoms with E-state index in [1.807, 2.05) is 30.5 Å². The zero-order valence-electron chi connectivity index (χ0n) is 9.66. The van der Waals surface area contributed by atoms with Crippen molar-refractivity contribution < 1.29 is 9.53 Å². The fraction of sp³-hybridized carbons (Fsp3) is 0.417. The molecule has 1 amide bonds. The Labute approximate surface area is 101 Å². The first-order valence-corrected chi connectivity index (χ1v) is 6.52. The number of nitrogens with one attached hydrogen (secondary N) is 1. The van der Waals surface area contributed by atoms with Gasteiger partial charge in [-0.15, -0.1) is 0 Å². The lowest BCUT2D eigenvalue weighted by Gasteiger charge is -2.06. The van der Waals surface area contributed by atoms with Crippen molar-refractivity contribution in [2.24, 2.45) is 0 Å². The number of hydrogen-bond acceptors (Lipinski definition) is 3. The SMILES string of the molecule is COCCNC(=O)c1cccc(CSC)c1. The third-order valence-corrected chi connectivity index (χ3v) is 2.71. The highest BCUT2D eigenvalue weighted by Crippen LogP contribution is 2.11. The summed E-state index contributed by atoms with van der Waals surface area (Å²) in [5, 5.41) is 2.80. The quantitative estimate of drug-likeness (QED) is 0.771. The van der Waals surface area contributed by atoms with Crippen molar-refractivity contribution in [2.45, 2.75) is 5.75 Å². The summed E-state index contributed by atoms with van der Waals surface area (Å²) in [6, 6.07) is 7.70. The van der Waals surface area contributed by atoms with Gasteiger partial charge in [0.25, 0.3) is 5.91 Å². The third-order valence-electron chi connectivity index (χ3n) is 2.09. The van der Waals surface area contributed by atoms with Crippen LogP contribution in [0, 0.1) is 0 Å². The summed E-state index contributed by atoms with van der Waals surface area (Å²) in [6.45, 7) is 1.08. The predicted octanol–water partition coefficient (Wildman–Crippen LogP) is 1.93. The largest absolute Gasteiger partial charge is 0.383 e. The fourth-order valence-corrected chi connectivity index (χ4v) is 1.85. The fourth-order valence-electron chi connectivity index (χ4n) is 1.34. The van der Waals surface area contributed by atoms with Gasteiger partial charge in [-0.3, -0.25) is 4.79 Å². The van der Waals surface area contributed by atoms with Crippen LogP contribution in [0.1, 0.15) is 15.9 Å². The average molecular weight is 239 g/mol. The van der Waals surface area contributed by atoms with Crippen molar-refractivity contribution >= 4 is 17.7 Å². The molecular weight excluding hydrogens is 222 g/mol. The molecule has 0 radical (unpaired) electrons. The van der Waals surface area contributed by atoms with Crippen LogP contribution in [-0.4, -0.2) is 32.4 Å². The van der Waals surface area contributed by atoms with Crippen LogP contribution >= 0.6 is 11.8 Å². The van der Waals surface area contributed by atoms with Crippen molar-refractivity contribution in [1.29, 1.82) is 0 Å². The zero-order chi connectivity index (χ0) is 11.8. The molecule has 1 rings (SSSR count). The van der Waals surface area contributed by atoms with E-state index in [9.17, 15) is 4.79 Å². The summed E-state index contributed by atoms with van der Waals surface area (Å²) in [5.74, 6) is 0.888. The van der Waals surface area contributed by atoms with Gasteiger partial charge in [-0.2, -0.15) is 11.8 Å². The minimum Gasteiger partial charge on any atom is -0.383 e. The smallest absolute Gasteiger partial charge is 0.251 e. The molecular formula is C12H17NO2S. The van der Waals surface area contributed by atoms with E-state index in [0.717, 1.165) is 5.75 Å². The normalized spacial score (nSPS) is 10.1. The van der Waals surface area contributed by atoms with Gasteiger partial charge in [-0.05, 0) is 24.0 Å². The molecule has 0 aromatic heterocycles. The highest BCUT2D eigenvalue weighted by atomic mass is 32.2. The second-order valence-corrected chi connectivity index (χ2v) is 4.25. The molecule has 0 unspecified atom stereocenters. The molecule has 0 aliphatic rings. The Morgan fingerprint density at radius 2 is 2.31 bits per heavy atom. The Bertz CT molecular complexity index is 342. The number of carbonyl (C=O) groups excluding carboxylic acids is 1.